The molecule has 38 heavy (non-hydrogen) atoms. The number of carbonyl (C=O) groups is 2. The van der Waals surface area contributed by atoms with Crippen LogP contribution in [0.25, 0.3) is 10.7 Å². The summed E-state index contributed by atoms with van der Waals surface area (Å²) in [5.74, 6) is -4.99. The molecule has 0 unspecified atom stereocenters. The molecule has 0 radical (unpaired) electrons. The minimum absolute atomic E-state index is 0.000482. The molecule has 0 atom stereocenters. The Bertz CT molecular complexity index is 1530. The van der Waals surface area contributed by atoms with Gasteiger partial charge in [-0.25, -0.2) is 18.8 Å². The quantitative estimate of drug-likeness (QED) is 0.105. The lowest BCUT2D eigenvalue weighted by Crippen LogP contribution is -2.25. The number of amidine groups is 1. The van der Waals surface area contributed by atoms with Gasteiger partial charge in [-0.2, -0.15) is 13.2 Å². The number of hydrogen-bond donors (Lipinski definition) is 2. The monoisotopic (exact) mass is 614 g/mol. The van der Waals surface area contributed by atoms with E-state index in [1.807, 2.05) is 0 Å². The third-order valence-corrected chi connectivity index (χ3v) is 6.15. The summed E-state index contributed by atoms with van der Waals surface area (Å²) in [4.78, 5) is 40.7. The zero-order chi connectivity index (χ0) is 27.4. The van der Waals surface area contributed by atoms with Gasteiger partial charge in [0.05, 0.1) is 16.4 Å². The van der Waals surface area contributed by atoms with Gasteiger partial charge in [0.1, 0.15) is 21.4 Å². The van der Waals surface area contributed by atoms with Crippen molar-refractivity contribution in [2.75, 3.05) is 10.6 Å². The van der Waals surface area contributed by atoms with Gasteiger partial charge < -0.3 is 15.5 Å². The highest BCUT2D eigenvalue weighted by atomic mass is 79.9. The van der Waals surface area contributed by atoms with Crippen molar-refractivity contribution >= 4 is 56.5 Å². The maximum atomic E-state index is 13.6. The molecule has 12 nitrogen and oxygen atoms in total. The Balaban J connectivity index is 1.63. The number of hydrogen-bond acceptors (Lipinski definition) is 11. The van der Waals surface area contributed by atoms with Gasteiger partial charge >= 0.3 is 12.1 Å². The van der Waals surface area contributed by atoms with Crippen LogP contribution in [0, 0.1) is 12.7 Å². The molecule has 3 heterocycles. The third-order valence-electron chi connectivity index (χ3n) is 4.36. The smallest absolute Gasteiger partial charge is 0.335 e. The van der Waals surface area contributed by atoms with Gasteiger partial charge in [0, 0.05) is 18.1 Å². The molecule has 0 aliphatic heterocycles. The lowest BCUT2D eigenvalue weighted by molar-refractivity contribution is -0.199. The molecule has 1 amide bonds. The molecule has 4 aromatic rings. The molecule has 0 fully saturated rings. The van der Waals surface area contributed by atoms with Gasteiger partial charge in [0.25, 0.3) is 5.91 Å². The Morgan fingerprint density at radius 1 is 1.18 bits per heavy atom. The molecule has 4 rings (SSSR count). The van der Waals surface area contributed by atoms with Crippen molar-refractivity contribution in [3.05, 3.63) is 63.3 Å². The zero-order valence-corrected chi connectivity index (χ0v) is 21.0. The van der Waals surface area contributed by atoms with Crippen LogP contribution in [0.2, 0.25) is 0 Å². The van der Waals surface area contributed by atoms with Crippen molar-refractivity contribution in [2.24, 2.45) is 5.16 Å². The second-order valence-corrected chi connectivity index (χ2v) is 8.86. The number of anilines is 2. The summed E-state index contributed by atoms with van der Waals surface area (Å²) >= 11 is 3.96. The first kappa shape index (κ1) is 26.7. The highest BCUT2D eigenvalue weighted by molar-refractivity contribution is 9.10. The first-order chi connectivity index (χ1) is 18.0. The van der Waals surface area contributed by atoms with Gasteiger partial charge in [-0.05, 0) is 51.4 Å². The number of amides is 1. The fourth-order valence-corrected chi connectivity index (χ4v) is 3.99. The Kier molecular flexibility index (Phi) is 7.72. The average molecular weight is 615 g/mol. The van der Waals surface area contributed by atoms with Gasteiger partial charge in [-0.15, -0.1) is 11.3 Å². The van der Waals surface area contributed by atoms with Crippen molar-refractivity contribution in [2.45, 2.75) is 13.1 Å². The van der Waals surface area contributed by atoms with Crippen LogP contribution in [0.3, 0.4) is 0 Å². The first-order valence-electron chi connectivity index (χ1n) is 9.99. The van der Waals surface area contributed by atoms with E-state index < -0.39 is 35.4 Å². The molecule has 1 aromatic carbocycles. The van der Waals surface area contributed by atoms with Gasteiger partial charge in [0.15, 0.2) is 5.69 Å². The molecule has 0 aliphatic rings. The summed E-state index contributed by atoms with van der Waals surface area (Å²) in [6, 6.07) is 3.47. The average Bonchev–Trinajstić information content (AvgIpc) is 3.50. The molecular weight excluding hydrogens is 604 g/mol. The van der Waals surface area contributed by atoms with E-state index in [0.29, 0.717) is 16.4 Å². The van der Waals surface area contributed by atoms with E-state index in [2.05, 4.69) is 66.5 Å². The number of oxime groups is 1. The molecule has 3 aromatic heterocycles. The van der Waals surface area contributed by atoms with Crippen molar-refractivity contribution in [3.63, 3.8) is 0 Å². The van der Waals surface area contributed by atoms with Gasteiger partial charge in [-0.1, -0.05) is 5.16 Å². The van der Waals surface area contributed by atoms with E-state index in [1.54, 1.807) is 6.92 Å². The largest absolute Gasteiger partial charge is 0.493 e. The van der Waals surface area contributed by atoms with Crippen LogP contribution in [0.1, 0.15) is 21.1 Å². The second kappa shape index (κ2) is 11.0. The summed E-state index contributed by atoms with van der Waals surface area (Å²) in [6.07, 6.45) is -0.958. The summed E-state index contributed by atoms with van der Waals surface area (Å²) in [6.45, 7) is 1.57. The van der Waals surface area contributed by atoms with Crippen LogP contribution < -0.4 is 10.6 Å². The van der Waals surface area contributed by atoms with E-state index in [1.165, 1.54) is 30.7 Å². The first-order valence-corrected chi connectivity index (χ1v) is 11.6. The third kappa shape index (κ3) is 6.14. The highest BCUT2D eigenvalue weighted by Crippen LogP contribution is 2.27. The minimum atomic E-state index is -5.35. The van der Waals surface area contributed by atoms with Gasteiger partial charge in [0.2, 0.25) is 11.7 Å². The number of alkyl halides is 3. The number of halogens is 5. The van der Waals surface area contributed by atoms with Crippen LogP contribution in [0.5, 0.6) is 0 Å². The fraction of sp³-hybridized carbons (Fsp3) is 0.100. The number of carbonyl (C=O) groups excluding carboxylic acids is 2. The van der Waals surface area contributed by atoms with Crippen molar-refractivity contribution in [1.82, 2.24) is 25.3 Å². The number of thiazole rings is 1. The molecule has 2 N–H and O–H groups in total. The molecule has 0 aliphatic carbocycles. The number of nitrogens with zero attached hydrogens (tertiary/aromatic N) is 6. The molecule has 0 saturated heterocycles. The maximum Gasteiger partial charge on any atom is 0.493 e. The SMILES string of the molecule is Cc1nc(-c2cnccn2)sc1C(=O)Nc1nonc1/C(=N\OC(=O)C(F)(F)F)Nc1ccc(F)c(Br)c1. The molecule has 196 valence electrons. The molecule has 0 bridgehead atoms. The number of aromatic nitrogens is 5. The minimum Gasteiger partial charge on any atom is -0.335 e. The standard InChI is InChI=1S/C20H11BrF4N8O4S/c1-8-14(38-18(28-8)12-7-26-4-5-27-12)17(34)30-16-13(31-37-33-16)15(32-36-19(35)20(23,24)25)29-9-2-3-11(22)10(21)6-9/h2-7H,1H3,(H,29,32)(H,30,33,34). The number of aryl methyl sites for hydroxylation is 1. The lowest BCUT2D eigenvalue weighted by atomic mass is 10.3. The maximum absolute atomic E-state index is 13.6. The van der Waals surface area contributed by atoms with E-state index in [0.717, 1.165) is 17.4 Å². The van der Waals surface area contributed by atoms with Gasteiger partial charge in [-0.3, -0.25) is 14.8 Å². The predicted molar refractivity (Wildman–Crippen MR) is 127 cm³/mol. The van der Waals surface area contributed by atoms with Crippen LogP contribution in [0.15, 0.2) is 51.0 Å². The lowest BCUT2D eigenvalue weighted by Gasteiger charge is -2.09. The molecule has 18 heteroatoms. The molecule has 0 spiro atoms. The second-order valence-electron chi connectivity index (χ2n) is 7.01. The normalized spacial score (nSPS) is 11.8. The van der Waals surface area contributed by atoms with Crippen LogP contribution in [-0.4, -0.2) is 49.2 Å². The number of nitrogens with one attached hydrogen (secondary N) is 2. The summed E-state index contributed by atoms with van der Waals surface area (Å²) < 4.78 is 56.2. The predicted octanol–water partition coefficient (Wildman–Crippen LogP) is 4.32. The summed E-state index contributed by atoms with van der Waals surface area (Å²) in [5.41, 5.74) is 0.421. The number of benzene rings is 1. The molecule has 0 saturated carbocycles. The summed E-state index contributed by atoms with van der Waals surface area (Å²) in [7, 11) is 0. The number of rotatable bonds is 6. The Morgan fingerprint density at radius 3 is 2.66 bits per heavy atom. The van der Waals surface area contributed by atoms with Crippen molar-refractivity contribution in [3.8, 4) is 10.7 Å². The van der Waals surface area contributed by atoms with E-state index in [9.17, 15) is 27.2 Å². The topological polar surface area (TPSA) is 157 Å². The Hall–Kier alpha value is -4.32. The van der Waals surface area contributed by atoms with Crippen molar-refractivity contribution in [1.29, 1.82) is 0 Å². The van der Waals surface area contributed by atoms with Crippen LogP contribution >= 0.6 is 27.3 Å². The van der Waals surface area contributed by atoms with E-state index >= 15 is 0 Å². The molecular formula is C20H11BrF4N8O4S. The van der Waals surface area contributed by atoms with Crippen LogP contribution in [0.4, 0.5) is 29.1 Å². The van der Waals surface area contributed by atoms with Crippen LogP contribution in [-0.2, 0) is 9.63 Å². The van der Waals surface area contributed by atoms with Crippen molar-refractivity contribution < 1.29 is 36.6 Å². The van der Waals surface area contributed by atoms with E-state index in [-0.39, 0.29) is 20.9 Å². The van der Waals surface area contributed by atoms with E-state index in [4.69, 9.17) is 0 Å². The Labute approximate surface area is 221 Å². The fourth-order valence-electron chi connectivity index (χ4n) is 2.69. The highest BCUT2D eigenvalue weighted by Gasteiger charge is 2.42. The summed E-state index contributed by atoms with van der Waals surface area (Å²) in [5, 5.41) is 15.6. The zero-order valence-electron chi connectivity index (χ0n) is 18.6. The Morgan fingerprint density at radius 2 is 1.97 bits per heavy atom.